The molecule has 0 saturated heterocycles. The molecule has 0 radical (unpaired) electrons. The number of nitrogens with one attached hydrogen (secondary N) is 1. The normalized spacial score (nSPS) is 12.4. The number of aliphatic hydroxyl groups is 1. The summed E-state index contributed by atoms with van der Waals surface area (Å²) in [5.41, 5.74) is 1.60. The van der Waals surface area contributed by atoms with E-state index in [0.29, 0.717) is 11.3 Å². The molecule has 2 heterocycles. The van der Waals surface area contributed by atoms with Crippen LogP contribution in [0, 0.1) is 6.92 Å². The van der Waals surface area contributed by atoms with Gasteiger partial charge in [0, 0.05) is 5.38 Å². The number of aryl methyl sites for hydroxylation is 1. The molecule has 0 aromatic carbocycles. The first kappa shape index (κ1) is 11.9. The lowest BCUT2D eigenvalue weighted by atomic mass is 10.2. The fourth-order valence-electron chi connectivity index (χ4n) is 1.46. The van der Waals surface area contributed by atoms with Crippen LogP contribution >= 0.6 is 11.3 Å². The van der Waals surface area contributed by atoms with E-state index >= 15 is 0 Å². The molecule has 1 amide bonds. The highest BCUT2D eigenvalue weighted by Crippen LogP contribution is 2.15. The zero-order valence-electron chi connectivity index (χ0n) is 9.34. The van der Waals surface area contributed by atoms with Crippen molar-refractivity contribution < 1.29 is 14.3 Å². The number of rotatable bonds is 4. The number of hydrogen-bond donors (Lipinski definition) is 2. The maximum Gasteiger partial charge on any atom is 0.252 e. The van der Waals surface area contributed by atoms with Crippen molar-refractivity contribution in [3.8, 4) is 0 Å². The number of thiophene rings is 1. The molecule has 90 valence electrons. The third-order valence-electron chi connectivity index (χ3n) is 2.43. The van der Waals surface area contributed by atoms with Crippen LogP contribution in [-0.4, -0.2) is 17.6 Å². The summed E-state index contributed by atoms with van der Waals surface area (Å²) in [4.78, 5) is 11.8. The Labute approximate surface area is 103 Å². The lowest BCUT2D eigenvalue weighted by molar-refractivity contribution is 0.0901. The van der Waals surface area contributed by atoms with Gasteiger partial charge in [0.2, 0.25) is 0 Å². The van der Waals surface area contributed by atoms with Gasteiger partial charge in [-0.3, -0.25) is 4.79 Å². The summed E-state index contributed by atoms with van der Waals surface area (Å²) in [5.74, 6) is 0.279. The molecule has 0 fully saturated rings. The van der Waals surface area contributed by atoms with Gasteiger partial charge in [0.15, 0.2) is 0 Å². The quantitative estimate of drug-likeness (QED) is 0.874. The molecule has 2 aromatic rings. The number of furan rings is 1. The van der Waals surface area contributed by atoms with Gasteiger partial charge in [-0.1, -0.05) is 0 Å². The average molecular weight is 251 g/mol. The molecule has 2 aromatic heterocycles. The molecule has 0 spiro atoms. The van der Waals surface area contributed by atoms with Crippen LogP contribution in [0.15, 0.2) is 33.6 Å². The predicted molar refractivity (Wildman–Crippen MR) is 65.1 cm³/mol. The standard InChI is InChI=1S/C12H13NO3S/c1-8-6-17-7-9(8)12(15)13-5-10(14)11-3-2-4-16-11/h2-4,6-7,10,14H,5H2,1H3,(H,13,15). The Hall–Kier alpha value is -1.59. The van der Waals surface area contributed by atoms with E-state index in [4.69, 9.17) is 4.42 Å². The first-order valence-electron chi connectivity index (χ1n) is 5.21. The van der Waals surface area contributed by atoms with Crippen molar-refractivity contribution in [1.82, 2.24) is 5.32 Å². The second-order valence-corrected chi connectivity index (χ2v) is 4.45. The van der Waals surface area contributed by atoms with Crippen LogP contribution in [-0.2, 0) is 0 Å². The van der Waals surface area contributed by atoms with Crippen molar-refractivity contribution in [3.63, 3.8) is 0 Å². The van der Waals surface area contributed by atoms with Gasteiger partial charge in [0.1, 0.15) is 11.9 Å². The molecule has 0 aliphatic heterocycles. The summed E-state index contributed by atoms with van der Waals surface area (Å²) < 4.78 is 5.04. The third-order valence-corrected chi connectivity index (χ3v) is 3.29. The summed E-state index contributed by atoms with van der Waals surface area (Å²) in [6, 6.07) is 3.37. The second-order valence-electron chi connectivity index (χ2n) is 3.71. The first-order valence-corrected chi connectivity index (χ1v) is 6.15. The number of carbonyl (C=O) groups excluding carboxylic acids is 1. The number of carbonyl (C=O) groups is 1. The summed E-state index contributed by atoms with van der Waals surface area (Å²) >= 11 is 1.48. The molecule has 1 unspecified atom stereocenters. The van der Waals surface area contributed by atoms with Crippen molar-refractivity contribution in [1.29, 1.82) is 0 Å². The summed E-state index contributed by atoms with van der Waals surface area (Å²) in [7, 11) is 0. The highest BCUT2D eigenvalue weighted by molar-refractivity contribution is 7.08. The minimum absolute atomic E-state index is 0.141. The SMILES string of the molecule is Cc1cscc1C(=O)NCC(O)c1ccco1. The van der Waals surface area contributed by atoms with E-state index in [2.05, 4.69) is 5.32 Å². The van der Waals surface area contributed by atoms with Crippen LogP contribution in [0.5, 0.6) is 0 Å². The molecular weight excluding hydrogens is 238 g/mol. The average Bonchev–Trinajstić information content (AvgIpc) is 2.95. The van der Waals surface area contributed by atoms with Crippen molar-refractivity contribution in [2.75, 3.05) is 6.54 Å². The van der Waals surface area contributed by atoms with Crippen molar-refractivity contribution >= 4 is 17.2 Å². The molecule has 2 N–H and O–H groups in total. The van der Waals surface area contributed by atoms with Crippen LogP contribution in [0.3, 0.4) is 0 Å². The van der Waals surface area contributed by atoms with Crippen LogP contribution in [0.25, 0.3) is 0 Å². The van der Waals surface area contributed by atoms with E-state index in [1.54, 1.807) is 17.5 Å². The predicted octanol–water partition coefficient (Wildman–Crippen LogP) is 2.11. The molecule has 5 heteroatoms. The molecule has 17 heavy (non-hydrogen) atoms. The molecule has 0 aliphatic rings. The first-order chi connectivity index (χ1) is 8.18. The number of aliphatic hydroxyl groups excluding tert-OH is 1. The van der Waals surface area contributed by atoms with Crippen LogP contribution in [0.2, 0.25) is 0 Å². The van der Waals surface area contributed by atoms with Gasteiger partial charge in [-0.05, 0) is 30.0 Å². The molecule has 2 rings (SSSR count). The van der Waals surface area contributed by atoms with Crippen molar-refractivity contribution in [2.24, 2.45) is 0 Å². The maximum absolute atomic E-state index is 11.8. The molecular formula is C12H13NO3S. The zero-order chi connectivity index (χ0) is 12.3. The van der Waals surface area contributed by atoms with Gasteiger partial charge in [0.25, 0.3) is 5.91 Å². The van der Waals surface area contributed by atoms with E-state index < -0.39 is 6.10 Å². The van der Waals surface area contributed by atoms with Gasteiger partial charge < -0.3 is 14.8 Å². The molecule has 1 atom stereocenters. The molecule has 0 saturated carbocycles. The Balaban J connectivity index is 1.91. The molecule has 0 aliphatic carbocycles. The van der Waals surface area contributed by atoms with Gasteiger partial charge in [-0.2, -0.15) is 11.3 Å². The van der Waals surface area contributed by atoms with Gasteiger partial charge in [0.05, 0.1) is 18.4 Å². The minimum atomic E-state index is -0.812. The van der Waals surface area contributed by atoms with Gasteiger partial charge in [-0.15, -0.1) is 0 Å². The highest BCUT2D eigenvalue weighted by atomic mass is 32.1. The van der Waals surface area contributed by atoms with E-state index in [-0.39, 0.29) is 12.5 Å². The van der Waals surface area contributed by atoms with Crippen LogP contribution < -0.4 is 5.32 Å². The van der Waals surface area contributed by atoms with Gasteiger partial charge >= 0.3 is 0 Å². The fourth-order valence-corrected chi connectivity index (χ4v) is 2.29. The second kappa shape index (κ2) is 5.16. The van der Waals surface area contributed by atoms with E-state index in [1.807, 2.05) is 12.3 Å². The summed E-state index contributed by atoms with van der Waals surface area (Å²) in [6.45, 7) is 2.02. The van der Waals surface area contributed by atoms with E-state index in [0.717, 1.165) is 5.56 Å². The topological polar surface area (TPSA) is 62.5 Å². The number of hydrogen-bond acceptors (Lipinski definition) is 4. The summed E-state index contributed by atoms with van der Waals surface area (Å²) in [5, 5.41) is 16.1. The zero-order valence-corrected chi connectivity index (χ0v) is 10.2. The molecule has 0 bridgehead atoms. The monoisotopic (exact) mass is 251 g/mol. The van der Waals surface area contributed by atoms with Crippen LogP contribution in [0.1, 0.15) is 27.8 Å². The largest absolute Gasteiger partial charge is 0.467 e. The van der Waals surface area contributed by atoms with Crippen LogP contribution in [0.4, 0.5) is 0 Å². The fraction of sp³-hybridized carbons (Fsp3) is 0.250. The Bertz CT molecular complexity index is 490. The lowest BCUT2D eigenvalue weighted by Crippen LogP contribution is -2.28. The number of amides is 1. The Kier molecular flexibility index (Phi) is 3.61. The lowest BCUT2D eigenvalue weighted by Gasteiger charge is -2.09. The Morgan fingerprint density at radius 2 is 2.41 bits per heavy atom. The highest BCUT2D eigenvalue weighted by Gasteiger charge is 2.14. The summed E-state index contributed by atoms with van der Waals surface area (Å²) in [6.07, 6.45) is 0.677. The van der Waals surface area contributed by atoms with Crippen molar-refractivity contribution in [3.05, 3.63) is 46.0 Å². The Morgan fingerprint density at radius 1 is 1.59 bits per heavy atom. The van der Waals surface area contributed by atoms with E-state index in [1.165, 1.54) is 17.6 Å². The Morgan fingerprint density at radius 3 is 3.00 bits per heavy atom. The van der Waals surface area contributed by atoms with E-state index in [9.17, 15) is 9.90 Å². The minimum Gasteiger partial charge on any atom is -0.467 e. The third kappa shape index (κ3) is 2.75. The van der Waals surface area contributed by atoms with Gasteiger partial charge in [-0.25, -0.2) is 0 Å². The van der Waals surface area contributed by atoms with Crippen molar-refractivity contribution in [2.45, 2.75) is 13.0 Å². The maximum atomic E-state index is 11.8. The smallest absolute Gasteiger partial charge is 0.252 e. The molecule has 4 nitrogen and oxygen atoms in total.